The van der Waals surface area contributed by atoms with Gasteiger partial charge in [-0.3, -0.25) is 4.79 Å². The second-order valence-corrected chi connectivity index (χ2v) is 10.0. The number of sulfonamides is 1. The Kier molecular flexibility index (Phi) is 6.04. The van der Waals surface area contributed by atoms with Crippen molar-refractivity contribution in [3.05, 3.63) is 94.5 Å². The SMILES string of the molecule is CC(C)c1ccc(NC(=O)CN2N=C(c3ccccc3)c3cc(Cl)ccc3S2(=O)=O)cc1. The van der Waals surface area contributed by atoms with Crippen LogP contribution < -0.4 is 5.32 Å². The van der Waals surface area contributed by atoms with Crippen LogP contribution in [0.4, 0.5) is 5.69 Å². The van der Waals surface area contributed by atoms with Crippen LogP contribution in [0, 0.1) is 0 Å². The van der Waals surface area contributed by atoms with Gasteiger partial charge >= 0.3 is 0 Å². The van der Waals surface area contributed by atoms with Crippen molar-refractivity contribution >= 4 is 38.9 Å². The molecular formula is C24H22ClN3O3S. The first kappa shape index (κ1) is 22.0. The predicted octanol–water partition coefficient (Wildman–Crippen LogP) is 4.86. The Bertz CT molecular complexity index is 1290. The van der Waals surface area contributed by atoms with Crippen molar-refractivity contribution in [2.75, 3.05) is 11.9 Å². The molecule has 3 aromatic carbocycles. The van der Waals surface area contributed by atoms with Crippen molar-refractivity contribution in [2.45, 2.75) is 24.7 Å². The van der Waals surface area contributed by atoms with Crippen LogP contribution in [-0.2, 0) is 14.8 Å². The fraction of sp³-hybridized carbons (Fsp3) is 0.167. The van der Waals surface area contributed by atoms with Crippen LogP contribution in [0.15, 0.2) is 82.8 Å². The van der Waals surface area contributed by atoms with E-state index in [0.717, 1.165) is 15.5 Å². The number of hydrogen-bond donors (Lipinski definition) is 1. The van der Waals surface area contributed by atoms with Gasteiger partial charge in [-0.25, -0.2) is 0 Å². The number of amides is 1. The molecule has 0 aromatic heterocycles. The van der Waals surface area contributed by atoms with Gasteiger partial charge in [-0.2, -0.15) is 17.9 Å². The third kappa shape index (κ3) is 4.40. The number of nitrogens with one attached hydrogen (secondary N) is 1. The van der Waals surface area contributed by atoms with Gasteiger partial charge in [0.25, 0.3) is 10.0 Å². The summed E-state index contributed by atoms with van der Waals surface area (Å²) in [6.45, 7) is 3.72. The summed E-state index contributed by atoms with van der Waals surface area (Å²) in [4.78, 5) is 12.7. The van der Waals surface area contributed by atoms with Crippen LogP contribution in [0.3, 0.4) is 0 Å². The molecule has 6 nitrogen and oxygen atoms in total. The van der Waals surface area contributed by atoms with E-state index in [9.17, 15) is 13.2 Å². The van der Waals surface area contributed by atoms with E-state index < -0.39 is 22.5 Å². The van der Waals surface area contributed by atoms with Crippen molar-refractivity contribution in [1.29, 1.82) is 0 Å². The first-order valence-electron chi connectivity index (χ1n) is 10.1. The third-order valence-electron chi connectivity index (χ3n) is 5.15. The van der Waals surface area contributed by atoms with Gasteiger partial charge in [-0.05, 0) is 41.8 Å². The summed E-state index contributed by atoms with van der Waals surface area (Å²) in [7, 11) is -4.02. The number of carbonyl (C=O) groups excluding carboxylic acids is 1. The van der Waals surface area contributed by atoms with E-state index in [2.05, 4.69) is 24.3 Å². The normalized spacial score (nSPS) is 14.6. The number of rotatable bonds is 5. The van der Waals surface area contributed by atoms with Crippen molar-refractivity contribution in [3.8, 4) is 0 Å². The Balaban J connectivity index is 1.65. The lowest BCUT2D eigenvalue weighted by molar-refractivity contribution is -0.116. The van der Waals surface area contributed by atoms with Crippen molar-refractivity contribution in [1.82, 2.24) is 4.41 Å². The maximum atomic E-state index is 13.2. The average Bonchev–Trinajstić information content (AvgIpc) is 2.76. The van der Waals surface area contributed by atoms with Gasteiger partial charge in [0.15, 0.2) is 0 Å². The predicted molar refractivity (Wildman–Crippen MR) is 127 cm³/mol. The highest BCUT2D eigenvalue weighted by molar-refractivity contribution is 7.89. The second kappa shape index (κ2) is 8.76. The summed E-state index contributed by atoms with van der Waals surface area (Å²) < 4.78 is 27.2. The molecule has 3 aromatic rings. The van der Waals surface area contributed by atoms with Gasteiger partial charge in [0, 0.05) is 21.8 Å². The molecule has 0 atom stereocenters. The van der Waals surface area contributed by atoms with Crippen molar-refractivity contribution in [2.24, 2.45) is 5.10 Å². The van der Waals surface area contributed by atoms with Gasteiger partial charge < -0.3 is 5.32 Å². The largest absolute Gasteiger partial charge is 0.324 e. The van der Waals surface area contributed by atoms with Gasteiger partial charge in [-0.1, -0.05) is 67.9 Å². The van der Waals surface area contributed by atoms with E-state index in [-0.39, 0.29) is 4.90 Å². The molecule has 0 radical (unpaired) electrons. The fourth-order valence-corrected chi connectivity index (χ4v) is 5.00. The third-order valence-corrected chi connectivity index (χ3v) is 7.06. The number of halogens is 1. The summed E-state index contributed by atoms with van der Waals surface area (Å²) in [5.74, 6) is -0.114. The van der Waals surface area contributed by atoms with Crippen LogP contribution in [0.25, 0.3) is 0 Å². The standard InChI is InChI=1S/C24H22ClN3O3S/c1-16(2)17-8-11-20(12-9-17)26-23(29)15-28-27-24(18-6-4-3-5-7-18)21-14-19(25)10-13-22(21)32(28,30)31/h3-14,16H,15H2,1-2H3,(H,26,29). The maximum absolute atomic E-state index is 13.2. The molecule has 4 rings (SSSR count). The van der Waals surface area contributed by atoms with Gasteiger partial charge in [0.2, 0.25) is 5.91 Å². The zero-order valence-corrected chi connectivity index (χ0v) is 19.2. The highest BCUT2D eigenvalue weighted by Gasteiger charge is 2.34. The summed E-state index contributed by atoms with van der Waals surface area (Å²) in [5.41, 5.74) is 3.31. The summed E-state index contributed by atoms with van der Waals surface area (Å²) >= 11 is 6.14. The monoisotopic (exact) mass is 467 g/mol. The first-order valence-corrected chi connectivity index (χ1v) is 11.9. The molecular weight excluding hydrogens is 446 g/mol. The Labute approximate surface area is 192 Å². The molecule has 1 amide bonds. The van der Waals surface area contributed by atoms with Crippen LogP contribution in [0.5, 0.6) is 0 Å². The lowest BCUT2D eigenvalue weighted by Crippen LogP contribution is -2.38. The summed E-state index contributed by atoms with van der Waals surface area (Å²) in [6.07, 6.45) is 0. The van der Waals surface area contributed by atoms with E-state index in [1.54, 1.807) is 18.2 Å². The molecule has 0 fully saturated rings. The minimum Gasteiger partial charge on any atom is -0.324 e. The van der Waals surface area contributed by atoms with Gasteiger partial charge in [0.1, 0.15) is 12.3 Å². The molecule has 1 heterocycles. The van der Waals surface area contributed by atoms with Crippen LogP contribution >= 0.6 is 11.6 Å². The zero-order chi connectivity index (χ0) is 22.9. The van der Waals surface area contributed by atoms with E-state index in [1.165, 1.54) is 12.1 Å². The number of carbonyl (C=O) groups is 1. The van der Waals surface area contributed by atoms with Crippen LogP contribution in [-0.4, -0.2) is 31.0 Å². The van der Waals surface area contributed by atoms with Gasteiger partial charge in [-0.15, -0.1) is 0 Å². The lowest BCUT2D eigenvalue weighted by Gasteiger charge is -2.27. The topological polar surface area (TPSA) is 78.8 Å². The molecule has 0 aliphatic carbocycles. The summed E-state index contributed by atoms with van der Waals surface area (Å²) in [5, 5.41) is 7.50. The zero-order valence-electron chi connectivity index (χ0n) is 17.6. The number of anilines is 1. The molecule has 0 saturated heterocycles. The molecule has 0 unspecified atom stereocenters. The van der Waals surface area contributed by atoms with E-state index in [0.29, 0.717) is 27.9 Å². The van der Waals surface area contributed by atoms with E-state index >= 15 is 0 Å². The molecule has 1 aliphatic rings. The van der Waals surface area contributed by atoms with E-state index in [1.807, 2.05) is 42.5 Å². The summed E-state index contributed by atoms with van der Waals surface area (Å²) in [6, 6.07) is 21.2. The van der Waals surface area contributed by atoms with Crippen molar-refractivity contribution < 1.29 is 13.2 Å². The Morgan fingerprint density at radius 2 is 1.72 bits per heavy atom. The number of nitrogens with zero attached hydrogens (tertiary/aromatic N) is 2. The number of hydrogen-bond acceptors (Lipinski definition) is 4. The molecule has 1 aliphatic heterocycles. The first-order chi connectivity index (χ1) is 15.3. The Hall–Kier alpha value is -3.16. The minimum absolute atomic E-state index is 0.0600. The quantitative estimate of drug-likeness (QED) is 0.582. The molecule has 0 saturated carbocycles. The molecule has 164 valence electrons. The van der Waals surface area contributed by atoms with Gasteiger partial charge in [0.05, 0.1) is 4.90 Å². The smallest absolute Gasteiger partial charge is 0.280 e. The highest BCUT2D eigenvalue weighted by atomic mass is 35.5. The van der Waals surface area contributed by atoms with Crippen molar-refractivity contribution in [3.63, 3.8) is 0 Å². The van der Waals surface area contributed by atoms with Crippen LogP contribution in [0.1, 0.15) is 36.5 Å². The molecule has 0 bridgehead atoms. The molecule has 0 spiro atoms. The molecule has 1 N–H and O–H groups in total. The number of benzene rings is 3. The highest BCUT2D eigenvalue weighted by Crippen LogP contribution is 2.31. The number of fused-ring (bicyclic) bond motifs is 1. The molecule has 32 heavy (non-hydrogen) atoms. The average molecular weight is 468 g/mol. The second-order valence-electron chi connectivity index (χ2n) is 7.77. The minimum atomic E-state index is -4.02. The molecule has 8 heteroatoms. The number of hydrazone groups is 1. The van der Waals surface area contributed by atoms with Crippen LogP contribution in [0.2, 0.25) is 5.02 Å². The Morgan fingerprint density at radius 3 is 2.38 bits per heavy atom. The fourth-order valence-electron chi connectivity index (χ4n) is 3.45. The van der Waals surface area contributed by atoms with E-state index in [4.69, 9.17) is 11.6 Å². The maximum Gasteiger partial charge on any atom is 0.280 e. The Morgan fingerprint density at radius 1 is 1.03 bits per heavy atom. The lowest BCUT2D eigenvalue weighted by atomic mass is 10.0.